The Morgan fingerprint density at radius 1 is 1.21 bits per heavy atom. The minimum atomic E-state index is -4.91. The van der Waals surface area contributed by atoms with E-state index < -0.39 is 16.6 Å². The van der Waals surface area contributed by atoms with E-state index >= 15 is 0 Å². The molecule has 1 aromatic carbocycles. The Morgan fingerprint density at radius 2 is 1.88 bits per heavy atom. The number of hydrogen-bond donors (Lipinski definition) is 0. The highest BCUT2D eigenvalue weighted by atomic mass is 32.2. The first-order valence-corrected chi connectivity index (χ1v) is 9.01. The summed E-state index contributed by atoms with van der Waals surface area (Å²) in [4.78, 5) is 2.31. The number of piperidine rings is 1. The van der Waals surface area contributed by atoms with Crippen molar-refractivity contribution in [3.8, 4) is 11.5 Å². The van der Waals surface area contributed by atoms with Gasteiger partial charge in [-0.15, -0.1) is 0 Å². The van der Waals surface area contributed by atoms with Gasteiger partial charge in [0, 0.05) is 18.2 Å². The lowest BCUT2D eigenvalue weighted by atomic mass is 10.0. The summed E-state index contributed by atoms with van der Waals surface area (Å²) >= 11 is -3.39. The van der Waals surface area contributed by atoms with Crippen molar-refractivity contribution >= 4 is 11.1 Å². The van der Waals surface area contributed by atoms with Crippen LogP contribution in [0.3, 0.4) is 0 Å². The average molecular weight is 365 g/mol. The molecule has 4 nitrogen and oxygen atoms in total. The van der Waals surface area contributed by atoms with E-state index in [1.54, 1.807) is 0 Å². The Labute approximate surface area is 142 Å². The third-order valence-electron chi connectivity index (χ3n) is 4.07. The van der Waals surface area contributed by atoms with E-state index in [0.29, 0.717) is 18.7 Å². The van der Waals surface area contributed by atoms with Crippen molar-refractivity contribution in [2.75, 3.05) is 20.2 Å². The van der Waals surface area contributed by atoms with Gasteiger partial charge in [0.25, 0.3) is 0 Å². The standard InChI is InChI=1S/C16H22F3NO3S/c1-3-12-9-13(23-24(21)16(17,18)19)10-15(22-2)14(12)11-20-7-5-4-6-8-20/h9-10H,3-8,11H2,1-2H3. The Hall–Kier alpha value is -1.28. The molecule has 0 N–H and O–H groups in total. The van der Waals surface area contributed by atoms with E-state index in [4.69, 9.17) is 4.74 Å². The van der Waals surface area contributed by atoms with E-state index in [1.807, 2.05) is 6.92 Å². The number of benzene rings is 1. The van der Waals surface area contributed by atoms with Crippen LogP contribution in [0.5, 0.6) is 11.5 Å². The third-order valence-corrected chi connectivity index (χ3v) is 4.79. The molecule has 1 unspecified atom stereocenters. The molecule has 0 saturated carbocycles. The molecule has 136 valence electrons. The van der Waals surface area contributed by atoms with Gasteiger partial charge in [0.1, 0.15) is 11.5 Å². The van der Waals surface area contributed by atoms with Crippen LogP contribution in [0.2, 0.25) is 0 Å². The molecule has 0 aliphatic carbocycles. The molecule has 0 aromatic heterocycles. The summed E-state index contributed by atoms with van der Waals surface area (Å²) < 4.78 is 58.3. The Balaban J connectivity index is 2.26. The van der Waals surface area contributed by atoms with Crippen LogP contribution in [0.25, 0.3) is 0 Å². The van der Waals surface area contributed by atoms with Gasteiger partial charge >= 0.3 is 16.6 Å². The number of alkyl halides is 3. The minimum Gasteiger partial charge on any atom is -0.496 e. The van der Waals surface area contributed by atoms with E-state index in [9.17, 15) is 17.4 Å². The van der Waals surface area contributed by atoms with E-state index in [0.717, 1.165) is 37.1 Å². The minimum absolute atomic E-state index is 0.0956. The number of likely N-dealkylation sites (tertiary alicyclic amines) is 1. The normalized spacial score (nSPS) is 17.5. The second kappa shape index (κ2) is 8.20. The molecule has 1 aliphatic rings. The second-order valence-corrected chi connectivity index (χ2v) is 6.82. The molecule has 1 aromatic rings. The molecule has 0 bridgehead atoms. The smallest absolute Gasteiger partial charge is 0.496 e. The fourth-order valence-corrected chi connectivity index (χ4v) is 3.24. The molecule has 0 radical (unpaired) electrons. The van der Waals surface area contributed by atoms with Crippen LogP contribution in [-0.4, -0.2) is 34.8 Å². The summed E-state index contributed by atoms with van der Waals surface area (Å²) in [6.45, 7) is 4.61. The fourth-order valence-electron chi connectivity index (χ4n) is 2.88. The third kappa shape index (κ3) is 4.86. The zero-order valence-electron chi connectivity index (χ0n) is 13.8. The lowest BCUT2D eigenvalue weighted by Gasteiger charge is -2.28. The van der Waals surface area contributed by atoms with Crippen LogP contribution >= 0.6 is 0 Å². The summed E-state index contributed by atoms with van der Waals surface area (Å²) in [7, 11) is 1.47. The van der Waals surface area contributed by atoms with Crippen LogP contribution in [0.15, 0.2) is 12.1 Å². The van der Waals surface area contributed by atoms with Gasteiger partial charge in [0.15, 0.2) is 0 Å². The Morgan fingerprint density at radius 3 is 2.42 bits per heavy atom. The monoisotopic (exact) mass is 365 g/mol. The molecular weight excluding hydrogens is 343 g/mol. The van der Waals surface area contributed by atoms with E-state index in [2.05, 4.69) is 9.08 Å². The number of methoxy groups -OCH3 is 1. The molecule has 1 fully saturated rings. The first-order valence-electron chi connectivity index (χ1n) is 7.94. The summed E-state index contributed by atoms with van der Waals surface area (Å²) in [5.74, 6) is 0.371. The van der Waals surface area contributed by atoms with Crippen LogP contribution < -0.4 is 8.92 Å². The molecule has 8 heteroatoms. The maximum atomic E-state index is 12.4. The molecule has 0 spiro atoms. The number of aryl methyl sites for hydroxylation is 1. The molecule has 1 heterocycles. The van der Waals surface area contributed by atoms with Crippen molar-refractivity contribution in [3.63, 3.8) is 0 Å². The van der Waals surface area contributed by atoms with Crippen molar-refractivity contribution in [1.29, 1.82) is 0 Å². The molecule has 1 aliphatic heterocycles. The highest BCUT2D eigenvalue weighted by molar-refractivity contribution is 7.81. The predicted molar refractivity (Wildman–Crippen MR) is 86.3 cm³/mol. The number of halogens is 3. The quantitative estimate of drug-likeness (QED) is 0.769. The maximum Gasteiger partial charge on any atom is 0.508 e. The van der Waals surface area contributed by atoms with Crippen molar-refractivity contribution in [2.24, 2.45) is 0 Å². The van der Waals surface area contributed by atoms with Crippen molar-refractivity contribution in [1.82, 2.24) is 4.90 Å². The topological polar surface area (TPSA) is 38.8 Å². The SMILES string of the molecule is CCc1cc(OS(=O)C(F)(F)F)cc(OC)c1CN1CCCCC1. The highest BCUT2D eigenvalue weighted by Crippen LogP contribution is 2.33. The second-order valence-electron chi connectivity index (χ2n) is 5.72. The largest absolute Gasteiger partial charge is 0.508 e. The Kier molecular flexibility index (Phi) is 6.51. The van der Waals surface area contributed by atoms with Crippen molar-refractivity contribution < 1.29 is 26.3 Å². The van der Waals surface area contributed by atoms with Gasteiger partial charge in [0.2, 0.25) is 0 Å². The van der Waals surface area contributed by atoms with Gasteiger partial charge in [0.05, 0.1) is 7.11 Å². The first-order chi connectivity index (χ1) is 11.3. The summed E-state index contributed by atoms with van der Waals surface area (Å²) in [6.07, 6.45) is 4.14. The van der Waals surface area contributed by atoms with Gasteiger partial charge in [-0.1, -0.05) is 13.3 Å². The molecular formula is C16H22F3NO3S. The lowest BCUT2D eigenvalue weighted by Crippen LogP contribution is -2.29. The maximum absolute atomic E-state index is 12.4. The molecule has 2 rings (SSSR count). The number of hydrogen-bond acceptors (Lipinski definition) is 4. The van der Waals surface area contributed by atoms with Crippen LogP contribution in [0.4, 0.5) is 13.2 Å². The van der Waals surface area contributed by atoms with Gasteiger partial charge in [-0.05, 0) is 44.0 Å². The zero-order valence-corrected chi connectivity index (χ0v) is 14.6. The summed E-state index contributed by atoms with van der Waals surface area (Å²) in [6, 6.07) is 2.90. The lowest BCUT2D eigenvalue weighted by molar-refractivity contribution is -0.0437. The van der Waals surface area contributed by atoms with Gasteiger partial charge < -0.3 is 8.92 Å². The van der Waals surface area contributed by atoms with Gasteiger partial charge in [-0.3, -0.25) is 4.90 Å². The average Bonchev–Trinajstić information content (AvgIpc) is 2.55. The van der Waals surface area contributed by atoms with Crippen molar-refractivity contribution in [3.05, 3.63) is 23.3 Å². The number of ether oxygens (including phenoxy) is 1. The molecule has 0 amide bonds. The molecule has 24 heavy (non-hydrogen) atoms. The molecule has 1 atom stereocenters. The summed E-state index contributed by atoms with van der Waals surface area (Å²) in [5, 5.41) is 0. The first kappa shape index (κ1) is 19.1. The van der Waals surface area contributed by atoms with E-state index in [-0.39, 0.29) is 5.75 Å². The molecule has 1 saturated heterocycles. The highest BCUT2D eigenvalue weighted by Gasteiger charge is 2.40. The van der Waals surface area contributed by atoms with E-state index in [1.165, 1.54) is 25.7 Å². The van der Waals surface area contributed by atoms with Crippen LogP contribution in [-0.2, 0) is 24.0 Å². The van der Waals surface area contributed by atoms with Gasteiger partial charge in [-0.2, -0.15) is 13.2 Å². The fraction of sp³-hybridized carbons (Fsp3) is 0.625. The zero-order chi connectivity index (χ0) is 17.7. The predicted octanol–water partition coefficient (Wildman–Crippen LogP) is 3.81. The Bertz CT molecular complexity index is 561. The summed E-state index contributed by atoms with van der Waals surface area (Å²) in [5.41, 5.74) is -3.12. The van der Waals surface area contributed by atoms with Gasteiger partial charge in [-0.25, -0.2) is 4.21 Å². The van der Waals surface area contributed by atoms with Crippen LogP contribution in [0, 0.1) is 0 Å². The number of rotatable bonds is 6. The number of nitrogens with zero attached hydrogens (tertiary/aromatic N) is 1. The van der Waals surface area contributed by atoms with Crippen LogP contribution in [0.1, 0.15) is 37.3 Å². The van der Waals surface area contributed by atoms with Crippen molar-refractivity contribution in [2.45, 2.75) is 44.7 Å².